The molecule has 26 heavy (non-hydrogen) atoms. The molecule has 0 spiro atoms. The van der Waals surface area contributed by atoms with Gasteiger partial charge in [0, 0.05) is 18.9 Å². The fourth-order valence-electron chi connectivity index (χ4n) is 3.88. The Kier molecular flexibility index (Phi) is 4.18. The highest BCUT2D eigenvalue weighted by atomic mass is 35.5. The van der Waals surface area contributed by atoms with Crippen LogP contribution in [0.3, 0.4) is 0 Å². The van der Waals surface area contributed by atoms with Crippen LogP contribution in [0.15, 0.2) is 42.6 Å². The van der Waals surface area contributed by atoms with Crippen LogP contribution >= 0.6 is 11.6 Å². The van der Waals surface area contributed by atoms with Crippen LogP contribution in [-0.2, 0) is 10.3 Å². The first-order valence-electron chi connectivity index (χ1n) is 8.66. The Morgan fingerprint density at radius 2 is 2.04 bits per heavy atom. The molecule has 0 amide bonds. The Morgan fingerprint density at radius 1 is 1.31 bits per heavy atom. The first-order chi connectivity index (χ1) is 12.5. The Hall–Kier alpha value is -2.08. The van der Waals surface area contributed by atoms with Crippen LogP contribution in [0.4, 0.5) is 0 Å². The van der Waals surface area contributed by atoms with E-state index in [-0.39, 0.29) is 0 Å². The molecular formula is C20H21ClN2O3. The van der Waals surface area contributed by atoms with E-state index in [1.807, 2.05) is 56.4 Å². The molecular weight excluding hydrogens is 352 g/mol. The summed E-state index contributed by atoms with van der Waals surface area (Å²) in [5.74, 6) is 0.602. The number of nitrogens with zero attached hydrogens (tertiary/aromatic N) is 2. The van der Waals surface area contributed by atoms with Gasteiger partial charge in [-0.1, -0.05) is 48.9 Å². The Morgan fingerprint density at radius 3 is 2.69 bits per heavy atom. The predicted octanol–water partition coefficient (Wildman–Crippen LogP) is 4.04. The van der Waals surface area contributed by atoms with E-state index < -0.39 is 17.8 Å². The molecule has 0 saturated carbocycles. The molecule has 5 nitrogen and oxygen atoms in total. The molecule has 0 radical (unpaired) electrons. The maximum Gasteiger partial charge on any atom is 0.181 e. The van der Waals surface area contributed by atoms with Crippen molar-refractivity contribution in [3.05, 3.63) is 64.6 Å². The molecule has 0 bridgehead atoms. The fraction of sp³-hybridized carbons (Fsp3) is 0.350. The van der Waals surface area contributed by atoms with Crippen LogP contribution in [0.2, 0.25) is 5.15 Å². The second-order valence-corrected chi connectivity index (χ2v) is 6.94. The van der Waals surface area contributed by atoms with Crippen LogP contribution in [0.5, 0.6) is 5.75 Å². The molecule has 1 aliphatic heterocycles. The lowest BCUT2D eigenvalue weighted by Crippen LogP contribution is -2.49. The van der Waals surface area contributed by atoms with Gasteiger partial charge in [-0.3, -0.25) is 4.40 Å². The van der Waals surface area contributed by atoms with E-state index in [1.165, 1.54) is 0 Å². The lowest BCUT2D eigenvalue weighted by Gasteiger charge is -2.45. The summed E-state index contributed by atoms with van der Waals surface area (Å²) >= 11 is 6.37. The zero-order chi connectivity index (χ0) is 18.5. The van der Waals surface area contributed by atoms with Gasteiger partial charge in [0.15, 0.2) is 17.5 Å². The third-order valence-corrected chi connectivity index (χ3v) is 5.79. The topological polar surface area (TPSA) is 56.0 Å². The van der Waals surface area contributed by atoms with Gasteiger partial charge in [-0.2, -0.15) is 0 Å². The van der Waals surface area contributed by atoms with Gasteiger partial charge < -0.3 is 14.6 Å². The average molecular weight is 373 g/mol. The van der Waals surface area contributed by atoms with Gasteiger partial charge in [-0.15, -0.1) is 0 Å². The van der Waals surface area contributed by atoms with Crippen LogP contribution in [0.25, 0.3) is 5.65 Å². The van der Waals surface area contributed by atoms with E-state index >= 15 is 0 Å². The highest BCUT2D eigenvalue weighted by Crippen LogP contribution is 2.50. The number of imidazole rings is 1. The van der Waals surface area contributed by atoms with Gasteiger partial charge in [0.25, 0.3) is 0 Å². The zero-order valence-corrected chi connectivity index (χ0v) is 15.7. The number of aryl methyl sites for hydroxylation is 1. The molecule has 1 aromatic carbocycles. The number of halogens is 1. The van der Waals surface area contributed by atoms with Crippen molar-refractivity contribution in [2.75, 3.05) is 7.11 Å². The number of methoxy groups -OCH3 is 1. The SMILES string of the molecule is CC[C@@]1(OC)c2ccn3c(Cl)c(C)nc3c2O[C@H](c2ccccc2)[C@H]1O. The molecule has 3 heterocycles. The van der Waals surface area contributed by atoms with E-state index in [1.54, 1.807) is 11.5 Å². The number of hydrogen-bond acceptors (Lipinski definition) is 4. The maximum atomic E-state index is 11.2. The first-order valence-corrected chi connectivity index (χ1v) is 9.03. The van der Waals surface area contributed by atoms with Crippen LogP contribution in [0, 0.1) is 6.92 Å². The van der Waals surface area contributed by atoms with Gasteiger partial charge in [0.05, 0.1) is 5.69 Å². The first kappa shape index (κ1) is 17.3. The molecule has 6 heteroatoms. The molecule has 0 saturated heterocycles. The number of pyridine rings is 1. The third-order valence-electron chi connectivity index (χ3n) is 5.33. The summed E-state index contributed by atoms with van der Waals surface area (Å²) in [7, 11) is 1.62. The highest BCUT2D eigenvalue weighted by Gasteiger charge is 2.50. The summed E-state index contributed by atoms with van der Waals surface area (Å²) in [5, 5.41) is 11.8. The smallest absolute Gasteiger partial charge is 0.181 e. The van der Waals surface area contributed by atoms with Crippen molar-refractivity contribution in [1.29, 1.82) is 0 Å². The number of ether oxygens (including phenoxy) is 2. The normalized spacial score (nSPS) is 25.1. The molecule has 1 N–H and O–H groups in total. The lowest BCUT2D eigenvalue weighted by molar-refractivity contribution is -0.162. The molecule has 1 aliphatic rings. The molecule has 0 fully saturated rings. The van der Waals surface area contributed by atoms with Crippen molar-refractivity contribution in [1.82, 2.24) is 9.38 Å². The van der Waals surface area contributed by atoms with Gasteiger partial charge >= 0.3 is 0 Å². The van der Waals surface area contributed by atoms with Crippen LogP contribution in [-0.4, -0.2) is 27.7 Å². The van der Waals surface area contributed by atoms with E-state index in [4.69, 9.17) is 21.1 Å². The largest absolute Gasteiger partial charge is 0.479 e. The highest BCUT2D eigenvalue weighted by molar-refractivity contribution is 6.30. The number of aliphatic hydroxyl groups is 1. The standard InChI is InChI=1S/C20H21ClN2O3/c1-4-20(25-3)14-10-11-23-18(21)12(2)22-19(23)16(14)26-15(17(20)24)13-8-6-5-7-9-13/h5-11,15,17,24H,4H2,1-3H3/t15-,17-,20-/m1/s1. The molecule has 3 aromatic rings. The number of aliphatic hydroxyl groups excluding tert-OH is 1. The Balaban J connectivity index is 1.99. The fourth-order valence-corrected chi connectivity index (χ4v) is 4.06. The van der Waals surface area contributed by atoms with Gasteiger partial charge in [-0.25, -0.2) is 4.98 Å². The van der Waals surface area contributed by atoms with Crippen LogP contribution in [0.1, 0.15) is 36.3 Å². The summed E-state index contributed by atoms with van der Waals surface area (Å²) in [6.45, 7) is 3.86. The Labute approximate surface area is 157 Å². The molecule has 2 aromatic heterocycles. The van der Waals surface area contributed by atoms with Crippen LogP contribution < -0.4 is 4.74 Å². The quantitative estimate of drug-likeness (QED) is 0.753. The van der Waals surface area contributed by atoms with Gasteiger partial charge in [0.1, 0.15) is 16.9 Å². The number of aromatic nitrogens is 2. The van der Waals surface area contributed by atoms with Crippen molar-refractivity contribution in [2.24, 2.45) is 0 Å². The number of rotatable bonds is 3. The monoisotopic (exact) mass is 372 g/mol. The minimum atomic E-state index is -0.887. The summed E-state index contributed by atoms with van der Waals surface area (Å²) in [6, 6.07) is 11.6. The predicted molar refractivity (Wildman–Crippen MR) is 99.7 cm³/mol. The average Bonchev–Trinajstić information content (AvgIpc) is 2.97. The molecule has 136 valence electrons. The third kappa shape index (κ3) is 2.28. The summed E-state index contributed by atoms with van der Waals surface area (Å²) in [5.41, 5.74) is 2.15. The van der Waals surface area contributed by atoms with Crippen molar-refractivity contribution in [3.8, 4) is 5.75 Å². The molecule has 4 rings (SSSR count). The van der Waals surface area contributed by atoms with E-state index in [0.717, 1.165) is 16.8 Å². The minimum Gasteiger partial charge on any atom is -0.479 e. The van der Waals surface area contributed by atoms with Crippen molar-refractivity contribution < 1.29 is 14.6 Å². The molecule has 3 atom stereocenters. The summed E-state index contributed by atoms with van der Waals surface area (Å²) in [6.07, 6.45) is 1.01. The van der Waals surface area contributed by atoms with Crippen molar-refractivity contribution in [3.63, 3.8) is 0 Å². The van der Waals surface area contributed by atoms with E-state index in [0.29, 0.717) is 23.0 Å². The van der Waals surface area contributed by atoms with E-state index in [9.17, 15) is 5.11 Å². The van der Waals surface area contributed by atoms with Crippen molar-refractivity contribution in [2.45, 2.75) is 38.1 Å². The second kappa shape index (κ2) is 6.27. The lowest BCUT2D eigenvalue weighted by atomic mass is 9.79. The summed E-state index contributed by atoms with van der Waals surface area (Å²) in [4.78, 5) is 4.58. The van der Waals surface area contributed by atoms with Gasteiger partial charge in [0.2, 0.25) is 0 Å². The number of fused-ring (bicyclic) bond motifs is 3. The van der Waals surface area contributed by atoms with Gasteiger partial charge in [-0.05, 0) is 25.0 Å². The number of benzene rings is 1. The summed E-state index contributed by atoms with van der Waals surface area (Å²) < 4.78 is 14.0. The molecule has 0 unspecified atom stereocenters. The van der Waals surface area contributed by atoms with E-state index in [2.05, 4.69) is 4.98 Å². The number of hydrogen-bond donors (Lipinski definition) is 1. The minimum absolute atomic E-state index is 0.549. The molecule has 0 aliphatic carbocycles. The maximum absolute atomic E-state index is 11.2. The second-order valence-electron chi connectivity index (χ2n) is 6.58. The van der Waals surface area contributed by atoms with Crippen molar-refractivity contribution >= 4 is 17.2 Å². The zero-order valence-electron chi connectivity index (χ0n) is 14.9. The Bertz CT molecular complexity index is 951.